The zero-order chi connectivity index (χ0) is 32.8. The van der Waals surface area contributed by atoms with Crippen LogP contribution < -0.4 is 0 Å². The lowest BCUT2D eigenvalue weighted by molar-refractivity contribution is 1.66. The smallest absolute Gasteiger partial charge is 0.0448 e. The molecule has 0 fully saturated rings. The van der Waals surface area contributed by atoms with E-state index in [2.05, 4.69) is 170 Å². The van der Waals surface area contributed by atoms with Gasteiger partial charge in [-0.3, -0.25) is 0 Å². The first-order chi connectivity index (χ1) is 24.8. The van der Waals surface area contributed by atoms with Gasteiger partial charge in [0.25, 0.3) is 0 Å². The van der Waals surface area contributed by atoms with E-state index in [1.165, 1.54) is 106 Å². The molecule has 0 N–H and O–H groups in total. The van der Waals surface area contributed by atoms with Gasteiger partial charge in [-0.2, -0.15) is 0 Å². The van der Waals surface area contributed by atoms with Crippen LogP contribution in [0.1, 0.15) is 0 Å². The molecular weight excluding hydrogens is 641 g/mol. The molecule has 0 aliphatic heterocycles. The molecule has 0 radical (unpaired) electrons. The van der Waals surface area contributed by atoms with Crippen LogP contribution in [0.4, 0.5) is 0 Å². The molecule has 0 unspecified atom stereocenters. The van der Waals surface area contributed by atoms with Crippen molar-refractivity contribution < 1.29 is 0 Å². The summed E-state index contributed by atoms with van der Waals surface area (Å²) in [6.45, 7) is 0. The van der Waals surface area contributed by atoms with Crippen LogP contribution >= 0.6 is 22.7 Å². The quantitative estimate of drug-likeness (QED) is 0.164. The summed E-state index contributed by atoms with van der Waals surface area (Å²) in [6, 6.07) is 63.0. The fraction of sp³-hybridized carbons (Fsp3) is 0. The van der Waals surface area contributed by atoms with Crippen LogP contribution in [0.25, 0.3) is 106 Å². The van der Waals surface area contributed by atoms with E-state index < -0.39 is 0 Å². The van der Waals surface area contributed by atoms with Crippen molar-refractivity contribution in [1.29, 1.82) is 0 Å². The van der Waals surface area contributed by atoms with E-state index in [1.807, 2.05) is 22.7 Å². The number of hydrogen-bond acceptors (Lipinski definition) is 2. The zero-order valence-corrected chi connectivity index (χ0v) is 28.6. The molecule has 11 aromatic rings. The molecule has 0 saturated carbocycles. The van der Waals surface area contributed by atoms with Crippen LogP contribution in [0.2, 0.25) is 0 Å². The molecule has 2 aromatic heterocycles. The normalized spacial score (nSPS) is 12.0. The fourth-order valence-corrected chi connectivity index (χ4v) is 10.8. The van der Waals surface area contributed by atoms with Crippen LogP contribution in [0.5, 0.6) is 0 Å². The second-order valence-electron chi connectivity index (χ2n) is 13.1. The summed E-state index contributed by atoms with van der Waals surface area (Å²) in [7, 11) is 0. The minimum atomic E-state index is 1.25. The summed E-state index contributed by atoms with van der Waals surface area (Å²) in [5, 5.41) is 13.1. The van der Waals surface area contributed by atoms with Gasteiger partial charge in [-0.05, 0) is 83.9 Å². The van der Waals surface area contributed by atoms with Crippen molar-refractivity contribution in [3.05, 3.63) is 170 Å². The van der Waals surface area contributed by atoms with E-state index in [9.17, 15) is 0 Å². The second-order valence-corrected chi connectivity index (χ2v) is 15.3. The van der Waals surface area contributed by atoms with Gasteiger partial charge in [-0.25, -0.2) is 0 Å². The number of fused-ring (bicyclic) bond motifs is 10. The standard InChI is InChI=1S/C48H28S2/c1-2-12-29(13-3-1)45-35-16-6-8-18-37(35)46(38-19-9-7-17-36(38)45)39-25-24-31(32-14-4-5-15-33(32)39)30-22-23-34-40-26-27-43-47(48(40)50-44(34)28-30)41-20-10-11-21-42(41)49-43/h1-28H. The Kier molecular flexibility index (Phi) is 6.09. The van der Waals surface area contributed by atoms with Gasteiger partial charge in [0.2, 0.25) is 0 Å². The summed E-state index contributed by atoms with van der Waals surface area (Å²) >= 11 is 3.83. The second kappa shape index (κ2) is 10.9. The summed E-state index contributed by atoms with van der Waals surface area (Å²) in [5.41, 5.74) is 7.63. The van der Waals surface area contributed by atoms with Crippen molar-refractivity contribution >= 4 is 95.3 Å². The van der Waals surface area contributed by atoms with Crippen molar-refractivity contribution in [3.63, 3.8) is 0 Å². The highest BCUT2D eigenvalue weighted by Gasteiger charge is 2.19. The predicted molar refractivity (Wildman–Crippen MR) is 221 cm³/mol. The van der Waals surface area contributed by atoms with Gasteiger partial charge < -0.3 is 0 Å². The first-order valence-corrected chi connectivity index (χ1v) is 18.7. The number of hydrogen-bond donors (Lipinski definition) is 0. The lowest BCUT2D eigenvalue weighted by Crippen LogP contribution is -1.92. The highest BCUT2D eigenvalue weighted by atomic mass is 32.1. The minimum absolute atomic E-state index is 1.25. The predicted octanol–water partition coefficient (Wildman–Crippen LogP) is 14.9. The Morgan fingerprint density at radius 3 is 1.56 bits per heavy atom. The Hall–Kier alpha value is -5.80. The maximum Gasteiger partial charge on any atom is 0.0448 e. The molecule has 2 heteroatoms. The lowest BCUT2D eigenvalue weighted by Gasteiger charge is -2.19. The number of thiophene rings is 2. The van der Waals surface area contributed by atoms with Gasteiger partial charge in [-0.15, -0.1) is 22.7 Å². The molecule has 232 valence electrons. The van der Waals surface area contributed by atoms with Crippen LogP contribution in [0, 0.1) is 0 Å². The van der Waals surface area contributed by atoms with Crippen LogP contribution in [0.15, 0.2) is 170 Å². The zero-order valence-electron chi connectivity index (χ0n) is 27.0. The van der Waals surface area contributed by atoms with Crippen LogP contribution in [-0.2, 0) is 0 Å². The van der Waals surface area contributed by atoms with Crippen molar-refractivity contribution in [2.45, 2.75) is 0 Å². The van der Waals surface area contributed by atoms with Gasteiger partial charge in [-0.1, -0.05) is 152 Å². The van der Waals surface area contributed by atoms with Crippen molar-refractivity contribution in [3.8, 4) is 33.4 Å². The molecule has 9 aromatic carbocycles. The molecule has 2 heterocycles. The van der Waals surface area contributed by atoms with E-state index >= 15 is 0 Å². The topological polar surface area (TPSA) is 0 Å². The van der Waals surface area contributed by atoms with Crippen LogP contribution in [-0.4, -0.2) is 0 Å². The maximum absolute atomic E-state index is 2.42. The van der Waals surface area contributed by atoms with Crippen LogP contribution in [0.3, 0.4) is 0 Å². The Morgan fingerprint density at radius 1 is 0.280 bits per heavy atom. The summed E-state index contributed by atoms with van der Waals surface area (Å²) in [5.74, 6) is 0. The molecule has 0 aliphatic rings. The van der Waals surface area contributed by atoms with E-state index in [1.54, 1.807) is 0 Å². The SMILES string of the molecule is c1ccc(-c2c3ccccc3c(-c3ccc(-c4ccc5c(c4)sc4c5ccc5sc6ccccc6c54)c4ccccc34)c3ccccc23)cc1. The minimum Gasteiger partial charge on any atom is -0.135 e. The Bertz CT molecular complexity index is 3080. The summed E-state index contributed by atoms with van der Waals surface area (Å²) in [4.78, 5) is 0. The molecule has 0 saturated heterocycles. The van der Waals surface area contributed by atoms with Gasteiger partial charge in [0.1, 0.15) is 0 Å². The Morgan fingerprint density at radius 2 is 0.840 bits per heavy atom. The third-order valence-corrected chi connectivity index (χ3v) is 12.8. The third kappa shape index (κ3) is 4.04. The molecule has 50 heavy (non-hydrogen) atoms. The van der Waals surface area contributed by atoms with E-state index in [0.717, 1.165) is 0 Å². The molecule has 0 aliphatic carbocycles. The molecule has 0 bridgehead atoms. The first kappa shape index (κ1) is 28.1. The average molecular weight is 669 g/mol. The van der Waals surface area contributed by atoms with Gasteiger partial charge in [0.15, 0.2) is 0 Å². The van der Waals surface area contributed by atoms with E-state index in [4.69, 9.17) is 0 Å². The first-order valence-electron chi connectivity index (χ1n) is 17.1. The van der Waals surface area contributed by atoms with Crippen molar-refractivity contribution in [1.82, 2.24) is 0 Å². The molecule has 11 rings (SSSR count). The molecule has 0 atom stereocenters. The maximum atomic E-state index is 2.42. The highest BCUT2D eigenvalue weighted by molar-refractivity contribution is 7.29. The van der Waals surface area contributed by atoms with E-state index in [-0.39, 0.29) is 0 Å². The fourth-order valence-electron chi connectivity index (χ4n) is 8.31. The average Bonchev–Trinajstić information content (AvgIpc) is 3.75. The molecular formula is C48H28S2. The van der Waals surface area contributed by atoms with Gasteiger partial charge >= 0.3 is 0 Å². The number of benzene rings is 9. The van der Waals surface area contributed by atoms with Crippen molar-refractivity contribution in [2.24, 2.45) is 0 Å². The molecule has 0 amide bonds. The number of rotatable bonds is 3. The molecule has 0 nitrogen and oxygen atoms in total. The third-order valence-electron chi connectivity index (χ3n) is 10.5. The Balaban J connectivity index is 1.15. The highest BCUT2D eigenvalue weighted by Crippen LogP contribution is 2.48. The largest absolute Gasteiger partial charge is 0.135 e. The lowest BCUT2D eigenvalue weighted by atomic mass is 9.84. The monoisotopic (exact) mass is 668 g/mol. The summed E-state index contributed by atoms with van der Waals surface area (Å²) < 4.78 is 5.45. The Labute approximate surface area is 297 Å². The summed E-state index contributed by atoms with van der Waals surface area (Å²) in [6.07, 6.45) is 0. The van der Waals surface area contributed by atoms with E-state index in [0.29, 0.717) is 0 Å². The van der Waals surface area contributed by atoms with Gasteiger partial charge in [0.05, 0.1) is 0 Å². The van der Waals surface area contributed by atoms with Gasteiger partial charge in [0, 0.05) is 40.3 Å². The molecule has 0 spiro atoms. The van der Waals surface area contributed by atoms with Crippen molar-refractivity contribution in [2.75, 3.05) is 0 Å².